The maximum atomic E-state index is 12.9. The van der Waals surface area contributed by atoms with E-state index >= 15 is 0 Å². The third kappa shape index (κ3) is 4.57. The van der Waals surface area contributed by atoms with Crippen molar-refractivity contribution in [1.29, 1.82) is 0 Å². The van der Waals surface area contributed by atoms with Crippen LogP contribution in [0.5, 0.6) is 0 Å². The average Bonchev–Trinajstić information content (AvgIpc) is 3.14. The van der Waals surface area contributed by atoms with Gasteiger partial charge in [0, 0.05) is 16.3 Å². The molecule has 1 heterocycles. The summed E-state index contributed by atoms with van der Waals surface area (Å²) in [5, 5.41) is 7.28. The van der Waals surface area contributed by atoms with Crippen molar-refractivity contribution in [1.82, 2.24) is 9.55 Å². The lowest BCUT2D eigenvalue weighted by Crippen LogP contribution is -2.23. The van der Waals surface area contributed by atoms with Crippen LogP contribution < -0.4 is 5.32 Å². The topological polar surface area (TPSA) is 95.7 Å². The van der Waals surface area contributed by atoms with Gasteiger partial charge in [-0.2, -0.15) is 0 Å². The van der Waals surface area contributed by atoms with Gasteiger partial charge in [0.15, 0.2) is 5.16 Å². The number of carbonyl (C=O) groups is 1. The van der Waals surface area contributed by atoms with Gasteiger partial charge in [0.1, 0.15) is 0 Å². The fourth-order valence-electron chi connectivity index (χ4n) is 3.22. The summed E-state index contributed by atoms with van der Waals surface area (Å²) in [6.07, 6.45) is 0. The first kappa shape index (κ1) is 21.8. The van der Waals surface area contributed by atoms with E-state index in [-0.39, 0.29) is 5.91 Å². The third-order valence-electron chi connectivity index (χ3n) is 4.83. The third-order valence-corrected chi connectivity index (χ3v) is 6.20. The van der Waals surface area contributed by atoms with Gasteiger partial charge in [0.25, 0.3) is 0 Å². The minimum atomic E-state index is -0.426. The van der Waals surface area contributed by atoms with Gasteiger partial charge in [0.05, 0.1) is 27.0 Å². The van der Waals surface area contributed by atoms with Crippen LogP contribution in [-0.2, 0) is 4.79 Å². The average molecular weight is 463 g/mol. The Balaban J connectivity index is 1.64. The zero-order chi connectivity index (χ0) is 22.7. The van der Waals surface area contributed by atoms with Crippen molar-refractivity contribution in [2.45, 2.75) is 24.3 Å². The molecule has 0 bridgehead atoms. The predicted octanol–water partition coefficient (Wildman–Crippen LogP) is 7.05. The summed E-state index contributed by atoms with van der Waals surface area (Å²) in [7, 11) is 0. The lowest BCUT2D eigenvalue weighted by Gasteiger charge is -2.14. The highest BCUT2D eigenvalue weighted by atomic mass is 35.5. The van der Waals surface area contributed by atoms with E-state index in [1.165, 1.54) is 11.8 Å². The number of anilines is 1. The summed E-state index contributed by atoms with van der Waals surface area (Å²) in [6, 6.07) is 20.5. The van der Waals surface area contributed by atoms with Crippen LogP contribution in [0.3, 0.4) is 0 Å². The molecule has 160 valence electrons. The lowest BCUT2D eigenvalue weighted by molar-refractivity contribution is -0.115. The molecule has 4 aromatic rings. The Morgan fingerprint density at radius 1 is 1.19 bits per heavy atom. The number of fused-ring (bicyclic) bond motifs is 1. The molecular weight excluding hydrogens is 444 g/mol. The molecule has 3 aromatic carbocycles. The molecular formula is C23H19ClN6OS. The number of hydrogen-bond donors (Lipinski definition) is 1. The molecule has 9 heteroatoms. The highest BCUT2D eigenvalue weighted by Crippen LogP contribution is 2.32. The van der Waals surface area contributed by atoms with E-state index in [4.69, 9.17) is 22.1 Å². The molecule has 1 N–H and O–H groups in total. The molecule has 0 saturated carbocycles. The Labute approximate surface area is 194 Å². The number of para-hydroxylation sites is 2. The van der Waals surface area contributed by atoms with E-state index in [0.717, 1.165) is 22.3 Å². The second kappa shape index (κ2) is 9.36. The molecule has 0 spiro atoms. The number of hydrogen-bond acceptors (Lipinski definition) is 4. The predicted molar refractivity (Wildman–Crippen MR) is 130 cm³/mol. The van der Waals surface area contributed by atoms with E-state index in [9.17, 15) is 4.79 Å². The number of azide groups is 1. The number of carbonyl (C=O) groups excluding carboxylic acids is 1. The van der Waals surface area contributed by atoms with Gasteiger partial charge in [-0.3, -0.25) is 9.36 Å². The van der Waals surface area contributed by atoms with Crippen LogP contribution in [0.4, 0.5) is 11.4 Å². The van der Waals surface area contributed by atoms with Gasteiger partial charge in [-0.1, -0.05) is 58.8 Å². The monoisotopic (exact) mass is 462 g/mol. The van der Waals surface area contributed by atoms with Crippen molar-refractivity contribution in [3.8, 4) is 5.69 Å². The van der Waals surface area contributed by atoms with E-state index in [2.05, 4.69) is 15.3 Å². The highest BCUT2D eigenvalue weighted by molar-refractivity contribution is 8.00. The Morgan fingerprint density at radius 2 is 1.94 bits per heavy atom. The standard InChI is InChI=1S/C23H19ClN6OS/c1-14-7-12-19(18(24)13-14)26-22(31)15(2)32-23-27-20-5-3-4-6-21(20)30(23)17-10-8-16(9-11-17)28-29-25/h3-13,15H,1-2H3,(H,26,31). The maximum absolute atomic E-state index is 12.9. The van der Waals surface area contributed by atoms with Gasteiger partial charge in [-0.15, -0.1) is 0 Å². The Kier molecular flexibility index (Phi) is 6.37. The molecule has 0 aliphatic heterocycles. The van der Waals surface area contributed by atoms with Crippen molar-refractivity contribution in [2.75, 3.05) is 5.32 Å². The molecule has 7 nitrogen and oxygen atoms in total. The van der Waals surface area contributed by atoms with E-state index in [0.29, 0.717) is 21.6 Å². The normalized spacial score (nSPS) is 11.7. The van der Waals surface area contributed by atoms with Gasteiger partial charge in [0.2, 0.25) is 5.91 Å². The molecule has 1 unspecified atom stereocenters. The summed E-state index contributed by atoms with van der Waals surface area (Å²) in [4.78, 5) is 20.4. The molecule has 0 fully saturated rings. The fourth-order valence-corrected chi connectivity index (χ4v) is 4.44. The summed E-state index contributed by atoms with van der Waals surface area (Å²) in [5.74, 6) is -0.168. The van der Waals surface area contributed by atoms with Gasteiger partial charge < -0.3 is 5.32 Å². The van der Waals surface area contributed by atoms with Crippen LogP contribution in [0.25, 0.3) is 27.2 Å². The van der Waals surface area contributed by atoms with Gasteiger partial charge >= 0.3 is 0 Å². The zero-order valence-corrected chi connectivity index (χ0v) is 18.9. The molecule has 0 aliphatic carbocycles. The number of nitrogens with one attached hydrogen (secondary N) is 1. The Morgan fingerprint density at radius 3 is 2.66 bits per heavy atom. The molecule has 4 rings (SSSR count). The summed E-state index contributed by atoms with van der Waals surface area (Å²) >= 11 is 7.62. The first-order chi connectivity index (χ1) is 15.5. The second-order valence-electron chi connectivity index (χ2n) is 7.16. The van der Waals surface area contributed by atoms with Crippen LogP contribution in [0.15, 0.2) is 77.0 Å². The van der Waals surface area contributed by atoms with Gasteiger partial charge in [-0.05, 0) is 61.3 Å². The van der Waals surface area contributed by atoms with Crippen LogP contribution >= 0.6 is 23.4 Å². The van der Waals surface area contributed by atoms with E-state index in [1.54, 1.807) is 18.2 Å². The minimum absolute atomic E-state index is 0.168. The quantitative estimate of drug-likeness (QED) is 0.144. The lowest BCUT2D eigenvalue weighted by atomic mass is 10.2. The van der Waals surface area contributed by atoms with Crippen LogP contribution in [-0.4, -0.2) is 20.7 Å². The zero-order valence-electron chi connectivity index (χ0n) is 17.4. The number of amides is 1. The Hall–Kier alpha value is -3.45. The molecule has 0 aliphatic rings. The molecule has 32 heavy (non-hydrogen) atoms. The first-order valence-electron chi connectivity index (χ1n) is 9.83. The smallest absolute Gasteiger partial charge is 0.237 e. The number of aryl methyl sites for hydroxylation is 1. The number of nitrogens with zero attached hydrogens (tertiary/aromatic N) is 5. The Bertz CT molecular complexity index is 1340. The van der Waals surface area contributed by atoms with Crippen molar-refractivity contribution in [3.05, 3.63) is 87.8 Å². The number of imidazole rings is 1. The highest BCUT2D eigenvalue weighted by Gasteiger charge is 2.21. The second-order valence-corrected chi connectivity index (χ2v) is 8.87. The van der Waals surface area contributed by atoms with Crippen molar-refractivity contribution in [3.63, 3.8) is 0 Å². The summed E-state index contributed by atoms with van der Waals surface area (Å²) < 4.78 is 1.99. The van der Waals surface area contributed by atoms with E-state index in [1.807, 2.05) is 66.9 Å². The SMILES string of the molecule is Cc1ccc(NC(=O)C(C)Sc2nc3ccccc3n2-c2ccc(N=[N+]=[N-])cc2)c(Cl)c1. The van der Waals surface area contributed by atoms with Crippen molar-refractivity contribution >= 4 is 51.7 Å². The maximum Gasteiger partial charge on any atom is 0.237 e. The number of halogens is 1. The summed E-state index contributed by atoms with van der Waals surface area (Å²) in [5.41, 5.74) is 13.4. The first-order valence-corrected chi connectivity index (χ1v) is 11.1. The molecule has 0 saturated heterocycles. The number of rotatable bonds is 6. The van der Waals surface area contributed by atoms with Crippen LogP contribution in [0.1, 0.15) is 12.5 Å². The van der Waals surface area contributed by atoms with E-state index < -0.39 is 5.25 Å². The number of thioether (sulfide) groups is 1. The molecule has 1 amide bonds. The molecule has 1 atom stereocenters. The number of aromatic nitrogens is 2. The minimum Gasteiger partial charge on any atom is -0.324 e. The van der Waals surface area contributed by atoms with Crippen LogP contribution in [0.2, 0.25) is 5.02 Å². The van der Waals surface area contributed by atoms with Crippen molar-refractivity contribution in [2.24, 2.45) is 5.11 Å². The fraction of sp³-hybridized carbons (Fsp3) is 0.130. The summed E-state index contributed by atoms with van der Waals surface area (Å²) in [6.45, 7) is 3.77. The van der Waals surface area contributed by atoms with Crippen LogP contribution in [0, 0.1) is 6.92 Å². The largest absolute Gasteiger partial charge is 0.324 e. The van der Waals surface area contributed by atoms with Gasteiger partial charge in [-0.25, -0.2) is 4.98 Å². The number of benzene rings is 3. The molecule has 0 radical (unpaired) electrons. The van der Waals surface area contributed by atoms with Crippen molar-refractivity contribution < 1.29 is 4.79 Å². The molecule has 1 aromatic heterocycles.